The lowest BCUT2D eigenvalue weighted by molar-refractivity contribution is 0.1000. The summed E-state index contributed by atoms with van der Waals surface area (Å²) < 4.78 is 13.1. The van der Waals surface area contributed by atoms with Crippen molar-refractivity contribution in [3.05, 3.63) is 70.5 Å². The molecular formula is C17H18FN3O. The van der Waals surface area contributed by atoms with Gasteiger partial charge in [0.05, 0.1) is 5.71 Å². The van der Waals surface area contributed by atoms with E-state index in [1.165, 1.54) is 12.2 Å². The molecule has 0 aliphatic heterocycles. The van der Waals surface area contributed by atoms with Crippen molar-refractivity contribution >= 4 is 11.6 Å². The van der Waals surface area contributed by atoms with E-state index in [2.05, 4.69) is 0 Å². The average Bonchev–Trinajstić information content (AvgIpc) is 2.47. The van der Waals surface area contributed by atoms with Crippen LogP contribution in [0.3, 0.4) is 0 Å². The Hall–Kier alpha value is -2.69. The van der Waals surface area contributed by atoms with Crippen LogP contribution in [0.1, 0.15) is 27.9 Å². The minimum absolute atomic E-state index is 0.0982. The molecule has 1 aromatic rings. The van der Waals surface area contributed by atoms with E-state index in [9.17, 15) is 9.18 Å². The zero-order chi connectivity index (χ0) is 16.3. The summed E-state index contributed by atoms with van der Waals surface area (Å²) in [6, 6.07) is 5.09. The molecule has 5 heteroatoms. The number of aryl methyl sites for hydroxylation is 1. The standard InChI is InChI=1S/C17H18FN3O/c1-10-3-2-4-13(17(21)22)16(10)15(20)9-14(19)11-5-7-12(18)8-6-11/h2-7,9,12,20H,8,19H2,1H3,(H2,21,22)/b14-9-,20-15?. The van der Waals surface area contributed by atoms with E-state index in [-0.39, 0.29) is 17.7 Å². The molecule has 0 heterocycles. The first-order valence-corrected chi connectivity index (χ1v) is 6.88. The van der Waals surface area contributed by atoms with Crippen molar-refractivity contribution in [1.29, 1.82) is 5.41 Å². The number of rotatable bonds is 4. The number of hydrogen-bond acceptors (Lipinski definition) is 3. The van der Waals surface area contributed by atoms with Crippen LogP contribution < -0.4 is 11.5 Å². The lowest BCUT2D eigenvalue weighted by Crippen LogP contribution is -2.17. The van der Waals surface area contributed by atoms with E-state index in [0.717, 1.165) is 5.56 Å². The second-order valence-electron chi connectivity index (χ2n) is 5.15. The Bertz CT molecular complexity index is 717. The van der Waals surface area contributed by atoms with Crippen LogP contribution in [0.15, 0.2) is 53.8 Å². The van der Waals surface area contributed by atoms with Crippen molar-refractivity contribution in [1.82, 2.24) is 0 Å². The molecule has 1 aromatic carbocycles. The molecule has 114 valence electrons. The SMILES string of the molecule is Cc1cccc(C(N)=O)c1C(=N)/C=C(\N)C1=CCC(F)C=C1. The van der Waals surface area contributed by atoms with Gasteiger partial charge in [0.15, 0.2) is 0 Å². The zero-order valence-electron chi connectivity index (χ0n) is 12.3. The van der Waals surface area contributed by atoms with Crippen molar-refractivity contribution in [2.75, 3.05) is 0 Å². The number of primary amides is 1. The van der Waals surface area contributed by atoms with Crippen molar-refractivity contribution in [3.63, 3.8) is 0 Å². The molecule has 0 radical (unpaired) electrons. The number of alkyl halides is 1. The summed E-state index contributed by atoms with van der Waals surface area (Å²) in [6.45, 7) is 1.80. The maximum Gasteiger partial charge on any atom is 0.249 e. The maximum atomic E-state index is 13.1. The van der Waals surface area contributed by atoms with Crippen LogP contribution in [-0.4, -0.2) is 17.8 Å². The number of carbonyl (C=O) groups is 1. The monoisotopic (exact) mass is 299 g/mol. The number of nitrogens with two attached hydrogens (primary N) is 2. The normalized spacial score (nSPS) is 18.0. The van der Waals surface area contributed by atoms with E-state index in [0.29, 0.717) is 16.8 Å². The Balaban J connectivity index is 2.35. The molecule has 0 spiro atoms. The van der Waals surface area contributed by atoms with E-state index >= 15 is 0 Å². The average molecular weight is 299 g/mol. The van der Waals surface area contributed by atoms with E-state index in [1.54, 1.807) is 37.3 Å². The van der Waals surface area contributed by atoms with Gasteiger partial charge in [0.2, 0.25) is 5.91 Å². The van der Waals surface area contributed by atoms with Crippen molar-refractivity contribution < 1.29 is 9.18 Å². The highest BCUT2D eigenvalue weighted by Gasteiger charge is 2.15. The van der Waals surface area contributed by atoms with Crippen LogP contribution >= 0.6 is 0 Å². The number of hydrogen-bond donors (Lipinski definition) is 3. The van der Waals surface area contributed by atoms with Gasteiger partial charge in [-0.25, -0.2) is 4.39 Å². The molecule has 5 N–H and O–H groups in total. The van der Waals surface area contributed by atoms with Gasteiger partial charge in [0.25, 0.3) is 0 Å². The molecular weight excluding hydrogens is 281 g/mol. The fraction of sp³-hybridized carbons (Fsp3) is 0.176. The molecule has 0 bridgehead atoms. The highest BCUT2D eigenvalue weighted by molar-refractivity contribution is 6.14. The summed E-state index contributed by atoms with van der Waals surface area (Å²) in [5.74, 6) is -0.590. The van der Waals surface area contributed by atoms with Gasteiger partial charge in [-0.3, -0.25) is 4.79 Å². The Morgan fingerprint density at radius 3 is 2.73 bits per heavy atom. The summed E-state index contributed by atoms with van der Waals surface area (Å²) in [6.07, 6.45) is 5.46. The molecule has 1 aliphatic rings. The van der Waals surface area contributed by atoms with Crippen LogP contribution in [-0.2, 0) is 0 Å². The highest BCUT2D eigenvalue weighted by Crippen LogP contribution is 2.19. The van der Waals surface area contributed by atoms with Gasteiger partial charge < -0.3 is 16.9 Å². The third-order valence-electron chi connectivity index (χ3n) is 3.49. The number of amides is 1. The maximum absolute atomic E-state index is 13.1. The third-order valence-corrected chi connectivity index (χ3v) is 3.49. The Morgan fingerprint density at radius 1 is 1.41 bits per heavy atom. The molecule has 1 aliphatic carbocycles. The minimum Gasteiger partial charge on any atom is -0.398 e. The van der Waals surface area contributed by atoms with Crippen LogP contribution in [0, 0.1) is 12.3 Å². The topological polar surface area (TPSA) is 93.0 Å². The molecule has 2 rings (SSSR count). The van der Waals surface area contributed by atoms with E-state index in [1.807, 2.05) is 0 Å². The summed E-state index contributed by atoms with van der Waals surface area (Å²) in [4.78, 5) is 11.5. The molecule has 0 aromatic heterocycles. The van der Waals surface area contributed by atoms with Gasteiger partial charge in [-0.15, -0.1) is 0 Å². The van der Waals surface area contributed by atoms with Crippen LogP contribution in [0.25, 0.3) is 0 Å². The largest absolute Gasteiger partial charge is 0.398 e. The predicted molar refractivity (Wildman–Crippen MR) is 85.5 cm³/mol. The molecule has 0 saturated heterocycles. The number of halogens is 1. The number of allylic oxidation sites excluding steroid dienone is 4. The molecule has 0 fully saturated rings. The number of benzene rings is 1. The quantitative estimate of drug-likeness (QED) is 0.745. The fourth-order valence-electron chi connectivity index (χ4n) is 2.35. The Kier molecular flexibility index (Phi) is 4.56. The van der Waals surface area contributed by atoms with Crippen LogP contribution in [0.2, 0.25) is 0 Å². The molecule has 1 amide bonds. The lowest BCUT2D eigenvalue weighted by atomic mass is 9.95. The fourth-order valence-corrected chi connectivity index (χ4v) is 2.35. The first-order valence-electron chi connectivity index (χ1n) is 6.88. The summed E-state index contributed by atoms with van der Waals surface area (Å²) in [5.41, 5.74) is 14.0. The smallest absolute Gasteiger partial charge is 0.249 e. The van der Waals surface area contributed by atoms with Gasteiger partial charge in [0.1, 0.15) is 6.17 Å². The Labute approximate surface area is 128 Å². The molecule has 22 heavy (non-hydrogen) atoms. The third kappa shape index (κ3) is 3.31. The second-order valence-corrected chi connectivity index (χ2v) is 5.15. The zero-order valence-corrected chi connectivity index (χ0v) is 12.3. The van der Waals surface area contributed by atoms with Gasteiger partial charge in [-0.1, -0.05) is 24.3 Å². The second kappa shape index (κ2) is 6.39. The summed E-state index contributed by atoms with van der Waals surface area (Å²) in [5, 5.41) is 8.20. The summed E-state index contributed by atoms with van der Waals surface area (Å²) >= 11 is 0. The first-order chi connectivity index (χ1) is 10.4. The first kappa shape index (κ1) is 15.7. The minimum atomic E-state index is -0.992. The van der Waals surface area contributed by atoms with E-state index in [4.69, 9.17) is 16.9 Å². The molecule has 1 unspecified atom stereocenters. The predicted octanol–water partition coefficient (Wildman–Crippen LogP) is 2.53. The van der Waals surface area contributed by atoms with Crippen LogP contribution in [0.4, 0.5) is 4.39 Å². The molecule has 1 atom stereocenters. The van der Waals surface area contributed by atoms with E-state index < -0.39 is 12.1 Å². The highest BCUT2D eigenvalue weighted by atomic mass is 19.1. The number of nitrogens with one attached hydrogen (secondary N) is 1. The van der Waals surface area contributed by atoms with Crippen molar-refractivity contribution in [3.8, 4) is 0 Å². The number of carbonyl (C=O) groups excluding carboxylic acids is 1. The molecule has 0 saturated carbocycles. The van der Waals surface area contributed by atoms with Gasteiger partial charge in [-0.05, 0) is 36.3 Å². The van der Waals surface area contributed by atoms with Gasteiger partial charge in [-0.2, -0.15) is 0 Å². The van der Waals surface area contributed by atoms with Crippen molar-refractivity contribution in [2.45, 2.75) is 19.5 Å². The van der Waals surface area contributed by atoms with Gasteiger partial charge >= 0.3 is 0 Å². The lowest BCUT2D eigenvalue weighted by Gasteiger charge is -2.12. The van der Waals surface area contributed by atoms with Crippen molar-refractivity contribution in [2.24, 2.45) is 11.5 Å². The summed E-state index contributed by atoms with van der Waals surface area (Å²) in [7, 11) is 0. The van der Waals surface area contributed by atoms with Crippen LogP contribution in [0.5, 0.6) is 0 Å². The molecule has 4 nitrogen and oxygen atoms in total. The van der Waals surface area contributed by atoms with Gasteiger partial charge in [0, 0.05) is 23.2 Å². The Morgan fingerprint density at radius 2 is 2.14 bits per heavy atom.